The van der Waals surface area contributed by atoms with Gasteiger partial charge in [0.2, 0.25) is 0 Å². The van der Waals surface area contributed by atoms with E-state index in [4.69, 9.17) is 0 Å². The van der Waals surface area contributed by atoms with E-state index in [0.29, 0.717) is 6.54 Å². The first kappa shape index (κ1) is 29.9. The number of hydrogen-bond acceptors (Lipinski definition) is 1. The fourth-order valence-electron chi connectivity index (χ4n) is 5.00. The number of unbranched alkanes of at least 4 members (excludes halogenated alkanes) is 3. The van der Waals surface area contributed by atoms with E-state index >= 15 is 0 Å². The van der Waals surface area contributed by atoms with Gasteiger partial charge in [0.25, 0.3) is 0 Å². The van der Waals surface area contributed by atoms with E-state index in [1.165, 1.54) is 61.1 Å². The predicted octanol–water partition coefficient (Wildman–Crippen LogP) is 9.48. The van der Waals surface area contributed by atoms with E-state index in [2.05, 4.69) is 81.3 Å². The molecule has 0 radical (unpaired) electrons. The van der Waals surface area contributed by atoms with E-state index in [1.807, 2.05) is 30.3 Å². The average Bonchev–Trinajstić information content (AvgIpc) is 2.86. The molecule has 35 heavy (non-hydrogen) atoms. The Morgan fingerprint density at radius 1 is 0.771 bits per heavy atom. The molecule has 2 nitrogen and oxygen atoms in total. The van der Waals surface area contributed by atoms with Crippen LogP contribution in [0.5, 0.6) is 0 Å². The summed E-state index contributed by atoms with van der Waals surface area (Å²) in [6.07, 6.45) is 7.61. The summed E-state index contributed by atoms with van der Waals surface area (Å²) in [4.78, 5) is 16.5. The van der Waals surface area contributed by atoms with Gasteiger partial charge in [-0.15, -0.1) is 0 Å². The maximum absolute atomic E-state index is 14.3. The third kappa shape index (κ3) is 9.57. The Morgan fingerprint density at radius 2 is 1.23 bits per heavy atom. The van der Waals surface area contributed by atoms with Crippen LogP contribution in [0.4, 0.5) is 0 Å². The number of carbonyl (C=O) groups excluding carboxylic acids is 1. The first-order valence-electron chi connectivity index (χ1n) is 13.9. The summed E-state index contributed by atoms with van der Waals surface area (Å²) in [6.45, 7) is 15.0. The van der Waals surface area contributed by atoms with E-state index in [-0.39, 0.29) is 5.91 Å². The molecule has 2 rings (SSSR count). The molecule has 0 unspecified atom stereocenters. The molecule has 0 heterocycles. The molecule has 0 aliphatic carbocycles. The molecular weight excluding hydrogens is 549 g/mol. The summed E-state index contributed by atoms with van der Waals surface area (Å²) >= 11 is -2.91. The molecule has 0 aliphatic rings. The maximum atomic E-state index is 14.3. The zero-order valence-electron chi connectivity index (χ0n) is 23.3. The van der Waals surface area contributed by atoms with Crippen LogP contribution in [0.25, 0.3) is 0 Å². The zero-order valence-corrected chi connectivity index (χ0v) is 27.1. The molecule has 2 aromatic carbocycles. The number of carbonyl (C=O) groups is 1. The number of hydrogen-bond donors (Lipinski definition) is 0. The van der Waals surface area contributed by atoms with Crippen LogP contribution >= 0.6 is 0 Å². The first-order chi connectivity index (χ1) is 16.8. The van der Waals surface area contributed by atoms with Crippen LogP contribution in [0.1, 0.15) is 75.2 Å². The van der Waals surface area contributed by atoms with E-state index in [0.717, 1.165) is 5.56 Å². The molecule has 4 heteroatoms. The summed E-state index contributed by atoms with van der Waals surface area (Å²) < 4.78 is 5.63. The molecule has 192 valence electrons. The summed E-state index contributed by atoms with van der Waals surface area (Å²) in [5.41, 5.74) is 4.69. The van der Waals surface area contributed by atoms with Gasteiger partial charge in [-0.2, -0.15) is 0 Å². The van der Waals surface area contributed by atoms with Gasteiger partial charge in [-0.3, -0.25) is 0 Å². The van der Waals surface area contributed by atoms with Crippen molar-refractivity contribution in [3.63, 3.8) is 0 Å². The van der Waals surface area contributed by atoms with Gasteiger partial charge >= 0.3 is 222 Å². The van der Waals surface area contributed by atoms with Crippen LogP contribution < -0.4 is 0 Å². The topological polar surface area (TPSA) is 20.3 Å². The van der Waals surface area contributed by atoms with Gasteiger partial charge in [0, 0.05) is 0 Å². The molecule has 0 aliphatic heterocycles. The van der Waals surface area contributed by atoms with Crippen LogP contribution in [0, 0.1) is 0 Å². The Bertz CT molecular complexity index is 883. The van der Waals surface area contributed by atoms with E-state index in [1.54, 1.807) is 0 Å². The Hall–Kier alpha value is -1.33. The SMILES string of the molecule is CCC[CH2][Sn]([CH2]CCC)([CH2]CCC)/[C](=C\[Si](C)(C)C)N(Cc1ccccc1)C(=O)c1ccccc1. The van der Waals surface area contributed by atoms with E-state index < -0.39 is 26.5 Å². The summed E-state index contributed by atoms with van der Waals surface area (Å²) in [7, 11) is -1.58. The second-order valence-electron chi connectivity index (χ2n) is 11.2. The van der Waals surface area contributed by atoms with Crippen LogP contribution in [-0.4, -0.2) is 37.3 Å². The molecule has 0 N–H and O–H groups in total. The third-order valence-electron chi connectivity index (χ3n) is 6.88. The summed E-state index contributed by atoms with van der Waals surface area (Å²) in [5, 5.41) is 0. The molecule has 0 aromatic heterocycles. The number of benzene rings is 2. The molecule has 0 atom stereocenters. The normalized spacial score (nSPS) is 12.6. The van der Waals surface area contributed by atoms with Crippen molar-refractivity contribution in [2.45, 2.75) is 98.8 Å². The van der Waals surface area contributed by atoms with E-state index in [9.17, 15) is 4.79 Å². The van der Waals surface area contributed by atoms with Gasteiger partial charge < -0.3 is 0 Å². The molecule has 0 bridgehead atoms. The fraction of sp³-hybridized carbons (Fsp3) is 0.516. The predicted molar refractivity (Wildman–Crippen MR) is 159 cm³/mol. The van der Waals surface area contributed by atoms with Crippen molar-refractivity contribution < 1.29 is 4.79 Å². The standard InChI is InChI=1S/C19H22NOSi.3C4H9.Sn/c1-22(2,3)15-14-20(16-17-10-6-4-7-11-17)19(21)18-12-8-5-9-13-18;3*1-3-4-2;/h4-13,15H,16H2,1-3H3;3*1,3-4H2,2H3;. The van der Waals surface area contributed by atoms with Crippen LogP contribution in [0.15, 0.2) is 70.1 Å². The first-order valence-corrected chi connectivity index (χ1v) is 25.0. The van der Waals surface area contributed by atoms with Crippen molar-refractivity contribution >= 4 is 32.4 Å². The van der Waals surface area contributed by atoms with Gasteiger partial charge in [-0.25, -0.2) is 0 Å². The van der Waals surface area contributed by atoms with Crippen LogP contribution in [-0.2, 0) is 6.54 Å². The Balaban J connectivity index is 2.74. The van der Waals surface area contributed by atoms with Crippen LogP contribution in [0.2, 0.25) is 33.0 Å². The van der Waals surface area contributed by atoms with Crippen molar-refractivity contribution in [2.75, 3.05) is 0 Å². The zero-order chi connectivity index (χ0) is 25.7. The van der Waals surface area contributed by atoms with Gasteiger partial charge in [0.15, 0.2) is 0 Å². The van der Waals surface area contributed by atoms with Crippen molar-refractivity contribution in [1.82, 2.24) is 4.90 Å². The second kappa shape index (κ2) is 15.0. The van der Waals surface area contributed by atoms with Gasteiger partial charge in [-0.1, -0.05) is 0 Å². The molecule has 1 amide bonds. The number of nitrogens with zero attached hydrogens (tertiary/aromatic N) is 1. The summed E-state index contributed by atoms with van der Waals surface area (Å²) in [6, 6.07) is 20.6. The number of amides is 1. The van der Waals surface area contributed by atoms with Crippen molar-refractivity contribution in [3.05, 3.63) is 81.2 Å². The van der Waals surface area contributed by atoms with Gasteiger partial charge in [-0.05, 0) is 0 Å². The minimum absolute atomic E-state index is 0.185. The Labute approximate surface area is 221 Å². The minimum atomic E-state index is -2.91. The second-order valence-corrected chi connectivity index (χ2v) is 29.3. The average molecular weight is 599 g/mol. The van der Waals surface area contributed by atoms with Crippen LogP contribution in [0.3, 0.4) is 0 Å². The molecule has 0 saturated heterocycles. The monoisotopic (exact) mass is 599 g/mol. The Kier molecular flexibility index (Phi) is 12.8. The summed E-state index contributed by atoms with van der Waals surface area (Å²) in [5.74, 6) is 0.185. The molecule has 0 spiro atoms. The fourth-order valence-corrected chi connectivity index (χ4v) is 27.9. The molecule has 0 saturated carbocycles. The third-order valence-corrected chi connectivity index (χ3v) is 24.3. The van der Waals surface area contributed by atoms with Gasteiger partial charge in [0.05, 0.1) is 0 Å². The number of rotatable bonds is 15. The van der Waals surface area contributed by atoms with Crippen molar-refractivity contribution in [1.29, 1.82) is 0 Å². The molecular formula is C31H49NOSiSn. The van der Waals surface area contributed by atoms with Crippen molar-refractivity contribution in [3.8, 4) is 0 Å². The quantitative estimate of drug-likeness (QED) is 0.187. The molecule has 0 fully saturated rings. The van der Waals surface area contributed by atoms with Gasteiger partial charge in [0.1, 0.15) is 0 Å². The Morgan fingerprint density at radius 3 is 1.66 bits per heavy atom. The van der Waals surface area contributed by atoms with Crippen molar-refractivity contribution in [2.24, 2.45) is 0 Å². The molecule has 2 aromatic rings.